The molecule has 3 heterocycles. The van der Waals surface area contributed by atoms with Crippen molar-refractivity contribution < 1.29 is 13.9 Å². The Morgan fingerprint density at radius 1 is 1.30 bits per heavy atom. The van der Waals surface area contributed by atoms with Gasteiger partial charge < -0.3 is 18.6 Å². The Hall–Kier alpha value is -3.09. The molecule has 0 unspecified atom stereocenters. The number of piperidine rings is 1. The predicted molar refractivity (Wildman–Crippen MR) is 112 cm³/mol. The predicted octanol–water partition coefficient (Wildman–Crippen LogP) is 3.79. The number of rotatable bonds is 7. The largest absolute Gasteiger partial charge is 0.497 e. The monoisotopic (exact) mass is 408 g/mol. The molecule has 1 amide bonds. The Labute approximate surface area is 176 Å². The quantitative estimate of drug-likeness (QED) is 0.595. The third-order valence-electron chi connectivity index (χ3n) is 5.62. The summed E-state index contributed by atoms with van der Waals surface area (Å²) in [7, 11) is 1.66. The van der Waals surface area contributed by atoms with Crippen LogP contribution in [-0.2, 0) is 24.2 Å². The maximum absolute atomic E-state index is 13.1. The number of amides is 1. The number of hydrogen-bond donors (Lipinski definition) is 0. The number of likely N-dealkylation sites (tertiary alicyclic amines) is 1. The van der Waals surface area contributed by atoms with E-state index in [9.17, 15) is 4.79 Å². The van der Waals surface area contributed by atoms with E-state index in [0.717, 1.165) is 55.1 Å². The van der Waals surface area contributed by atoms with Crippen molar-refractivity contribution in [1.82, 2.24) is 19.4 Å². The van der Waals surface area contributed by atoms with Gasteiger partial charge in [-0.1, -0.05) is 19.1 Å². The van der Waals surface area contributed by atoms with Gasteiger partial charge in [0.2, 0.25) is 11.8 Å². The molecule has 7 heteroatoms. The first kappa shape index (κ1) is 20.2. The lowest BCUT2D eigenvalue weighted by Gasteiger charge is -2.34. The highest BCUT2D eigenvalue weighted by molar-refractivity contribution is 5.76. The number of hydrogen-bond acceptors (Lipinski definition) is 5. The number of aryl methyl sites for hydroxylation is 1. The van der Waals surface area contributed by atoms with Crippen LogP contribution in [0, 0.1) is 0 Å². The second kappa shape index (κ2) is 9.15. The van der Waals surface area contributed by atoms with Crippen molar-refractivity contribution in [1.29, 1.82) is 0 Å². The van der Waals surface area contributed by atoms with Gasteiger partial charge in [0.1, 0.15) is 29.9 Å². The second-order valence-electron chi connectivity index (χ2n) is 7.62. The lowest BCUT2D eigenvalue weighted by atomic mass is 10.0. The molecule has 1 saturated heterocycles. The summed E-state index contributed by atoms with van der Waals surface area (Å²) < 4.78 is 13.3. The van der Waals surface area contributed by atoms with Gasteiger partial charge in [0.25, 0.3) is 0 Å². The molecule has 0 N–H and O–H groups in total. The van der Waals surface area contributed by atoms with Crippen LogP contribution in [0.25, 0.3) is 0 Å². The molecule has 0 radical (unpaired) electrons. The zero-order valence-corrected chi connectivity index (χ0v) is 17.6. The third-order valence-corrected chi connectivity index (χ3v) is 5.62. The first-order valence-electron chi connectivity index (χ1n) is 10.5. The van der Waals surface area contributed by atoms with Crippen LogP contribution in [-0.4, -0.2) is 39.0 Å². The standard InChI is InChI=1S/C23H28N4O3/c1-3-21-24-10-12-26(21)16-22(28)27-11-5-4-9-20(27)23-25-15-19(30-23)14-17-7-6-8-18(13-17)29-2/h6-8,10,12-13,15,20H,3-5,9,11,14,16H2,1-2H3/t20-/m1/s1. The summed E-state index contributed by atoms with van der Waals surface area (Å²) >= 11 is 0. The number of oxazole rings is 1. The zero-order valence-electron chi connectivity index (χ0n) is 17.6. The van der Waals surface area contributed by atoms with E-state index < -0.39 is 0 Å². The fourth-order valence-electron chi connectivity index (χ4n) is 4.06. The van der Waals surface area contributed by atoms with Gasteiger partial charge in [-0.05, 0) is 37.0 Å². The molecular weight excluding hydrogens is 380 g/mol. The van der Waals surface area contributed by atoms with E-state index in [1.165, 1.54) is 0 Å². The number of aromatic nitrogens is 3. The Morgan fingerprint density at radius 2 is 2.20 bits per heavy atom. The van der Waals surface area contributed by atoms with E-state index in [0.29, 0.717) is 18.9 Å². The molecule has 1 fully saturated rings. The number of methoxy groups -OCH3 is 1. The summed E-state index contributed by atoms with van der Waals surface area (Å²) in [6.07, 6.45) is 9.77. The van der Waals surface area contributed by atoms with Crippen LogP contribution in [0.4, 0.5) is 0 Å². The topological polar surface area (TPSA) is 73.4 Å². The maximum Gasteiger partial charge on any atom is 0.243 e. The minimum Gasteiger partial charge on any atom is -0.497 e. The van der Waals surface area contributed by atoms with Crippen LogP contribution in [0.3, 0.4) is 0 Å². The summed E-state index contributed by atoms with van der Waals surface area (Å²) in [5, 5.41) is 0. The molecule has 1 atom stereocenters. The van der Waals surface area contributed by atoms with Crippen LogP contribution in [0.15, 0.2) is 47.3 Å². The number of carbonyl (C=O) groups is 1. The summed E-state index contributed by atoms with van der Waals surface area (Å²) in [5.74, 6) is 3.25. The summed E-state index contributed by atoms with van der Waals surface area (Å²) in [5.41, 5.74) is 1.10. The minimum absolute atomic E-state index is 0.0833. The molecular formula is C23H28N4O3. The molecule has 4 rings (SSSR count). The first-order chi connectivity index (χ1) is 14.7. The van der Waals surface area contributed by atoms with Crippen LogP contribution >= 0.6 is 0 Å². The van der Waals surface area contributed by atoms with Gasteiger partial charge in [0.05, 0.1) is 13.3 Å². The van der Waals surface area contributed by atoms with Gasteiger partial charge >= 0.3 is 0 Å². The molecule has 158 valence electrons. The molecule has 0 saturated carbocycles. The number of nitrogens with zero attached hydrogens (tertiary/aromatic N) is 4. The number of benzene rings is 1. The van der Waals surface area contributed by atoms with Crippen molar-refractivity contribution in [3.05, 3.63) is 65.9 Å². The van der Waals surface area contributed by atoms with Crippen molar-refractivity contribution >= 4 is 5.91 Å². The average Bonchev–Trinajstić information content (AvgIpc) is 3.43. The highest BCUT2D eigenvalue weighted by Crippen LogP contribution is 2.31. The lowest BCUT2D eigenvalue weighted by Crippen LogP contribution is -2.40. The van der Waals surface area contributed by atoms with Gasteiger partial charge in [0.15, 0.2) is 0 Å². The molecule has 0 aliphatic carbocycles. The van der Waals surface area contributed by atoms with Crippen molar-refractivity contribution in [2.45, 2.75) is 51.6 Å². The average molecular weight is 409 g/mol. The number of carbonyl (C=O) groups excluding carboxylic acids is 1. The van der Waals surface area contributed by atoms with E-state index in [4.69, 9.17) is 9.15 Å². The lowest BCUT2D eigenvalue weighted by molar-refractivity contribution is -0.136. The molecule has 0 bridgehead atoms. The fraction of sp³-hybridized carbons (Fsp3) is 0.435. The second-order valence-corrected chi connectivity index (χ2v) is 7.62. The smallest absolute Gasteiger partial charge is 0.243 e. The third kappa shape index (κ3) is 4.40. The Kier molecular flexibility index (Phi) is 6.16. The van der Waals surface area contributed by atoms with Gasteiger partial charge in [0, 0.05) is 31.8 Å². The van der Waals surface area contributed by atoms with Crippen molar-refractivity contribution in [3.63, 3.8) is 0 Å². The summed E-state index contributed by atoms with van der Waals surface area (Å²) in [6, 6.07) is 7.81. The molecule has 30 heavy (non-hydrogen) atoms. The Morgan fingerprint density at radius 3 is 3.03 bits per heavy atom. The Bertz CT molecular complexity index is 994. The highest BCUT2D eigenvalue weighted by Gasteiger charge is 2.31. The normalized spacial score (nSPS) is 16.6. The van der Waals surface area contributed by atoms with Crippen LogP contribution in [0.1, 0.15) is 55.3 Å². The molecule has 1 aliphatic rings. The molecule has 1 aromatic carbocycles. The summed E-state index contributed by atoms with van der Waals surface area (Å²) in [6.45, 7) is 3.08. The zero-order chi connectivity index (χ0) is 20.9. The van der Waals surface area contributed by atoms with E-state index in [2.05, 4.69) is 9.97 Å². The van der Waals surface area contributed by atoms with Crippen molar-refractivity contribution in [2.75, 3.05) is 13.7 Å². The number of imidazole rings is 1. The van der Waals surface area contributed by atoms with Crippen molar-refractivity contribution in [2.24, 2.45) is 0 Å². The van der Waals surface area contributed by atoms with Gasteiger partial charge in [-0.25, -0.2) is 9.97 Å². The molecule has 3 aromatic rings. The van der Waals surface area contributed by atoms with Gasteiger partial charge in [-0.2, -0.15) is 0 Å². The van der Waals surface area contributed by atoms with Crippen LogP contribution in [0.5, 0.6) is 5.75 Å². The fourth-order valence-corrected chi connectivity index (χ4v) is 4.06. The number of ether oxygens (including phenoxy) is 1. The highest BCUT2D eigenvalue weighted by atomic mass is 16.5. The molecule has 2 aromatic heterocycles. The van der Waals surface area contributed by atoms with E-state index >= 15 is 0 Å². The molecule has 0 spiro atoms. The first-order valence-corrected chi connectivity index (χ1v) is 10.5. The van der Waals surface area contributed by atoms with Gasteiger partial charge in [-0.3, -0.25) is 4.79 Å². The van der Waals surface area contributed by atoms with Gasteiger partial charge in [-0.15, -0.1) is 0 Å². The summed E-state index contributed by atoms with van der Waals surface area (Å²) in [4.78, 5) is 23.8. The van der Waals surface area contributed by atoms with E-state index in [1.807, 2.05) is 46.9 Å². The molecule has 7 nitrogen and oxygen atoms in total. The SMILES string of the molecule is CCc1nccn1CC(=O)N1CCCC[C@@H]1c1ncc(Cc2cccc(OC)c2)o1. The van der Waals surface area contributed by atoms with E-state index in [-0.39, 0.29) is 11.9 Å². The minimum atomic E-state index is -0.112. The maximum atomic E-state index is 13.1. The Balaban J connectivity index is 1.48. The van der Waals surface area contributed by atoms with Crippen LogP contribution in [0.2, 0.25) is 0 Å². The molecule has 1 aliphatic heterocycles. The van der Waals surface area contributed by atoms with Crippen LogP contribution < -0.4 is 4.74 Å². The van der Waals surface area contributed by atoms with E-state index in [1.54, 1.807) is 19.5 Å². The van der Waals surface area contributed by atoms with Crippen molar-refractivity contribution in [3.8, 4) is 5.75 Å².